The number of aromatic nitrogens is 1. The summed E-state index contributed by atoms with van der Waals surface area (Å²) in [5.41, 5.74) is 4.06. The number of hydrogen-bond donors (Lipinski definition) is 3. The number of rotatable bonds is 8. The van der Waals surface area contributed by atoms with Crippen LogP contribution < -0.4 is 15.5 Å². The van der Waals surface area contributed by atoms with Crippen molar-refractivity contribution >= 4 is 57.5 Å². The number of carboxylic acid groups (broad SMARTS) is 1. The second-order valence-electron chi connectivity index (χ2n) is 10.5. The second-order valence-corrected chi connectivity index (χ2v) is 11.8. The Morgan fingerprint density at radius 1 is 1.00 bits per heavy atom. The molecule has 0 fully saturated rings. The molecule has 0 unspecified atom stereocenters. The van der Waals surface area contributed by atoms with Gasteiger partial charge in [-0.15, -0.1) is 11.3 Å². The highest BCUT2D eigenvalue weighted by Crippen LogP contribution is 2.28. The summed E-state index contributed by atoms with van der Waals surface area (Å²) in [5.74, 6) is -0.286. The van der Waals surface area contributed by atoms with Crippen LogP contribution in [0.15, 0.2) is 72.1 Å². The van der Waals surface area contributed by atoms with Gasteiger partial charge in [0.15, 0.2) is 5.13 Å². The van der Waals surface area contributed by atoms with Gasteiger partial charge in [-0.25, -0.2) is 14.6 Å². The van der Waals surface area contributed by atoms with Gasteiger partial charge < -0.3 is 15.2 Å². The van der Waals surface area contributed by atoms with Crippen molar-refractivity contribution in [3.8, 4) is 11.1 Å². The van der Waals surface area contributed by atoms with Gasteiger partial charge in [0, 0.05) is 40.3 Å². The minimum Gasteiger partial charge on any atom is -0.465 e. The molecule has 3 N–H and O–H groups in total. The van der Waals surface area contributed by atoms with Crippen LogP contribution in [0.4, 0.5) is 26.1 Å². The number of ether oxygens (including phenoxy) is 1. The molecule has 4 aromatic rings. The van der Waals surface area contributed by atoms with Gasteiger partial charge in [-0.3, -0.25) is 15.0 Å². The number of carbonyl (C=O) groups excluding carboxylic acids is 2. The number of aryl methyl sites for hydroxylation is 1. The van der Waals surface area contributed by atoms with Gasteiger partial charge in [0.1, 0.15) is 5.60 Å². The van der Waals surface area contributed by atoms with E-state index in [4.69, 9.17) is 16.3 Å². The normalized spacial score (nSPS) is 11.1. The van der Waals surface area contributed by atoms with Crippen LogP contribution >= 0.6 is 22.9 Å². The standard InChI is InChI=1S/C31H31ClN4O5S/c1-19-5-14-25(20-6-8-21(32)9-7-20)26(17-19)27(37)33-22-10-12-24(13-11-22)36(30(39)40)16-15-23-18-42-28(34-23)35-29(38)41-31(2,3)4/h5-14,17-18H,15-16H2,1-4H3,(H,33,37)(H,39,40)(H,34,35,38). The van der Waals surface area contributed by atoms with Crippen molar-refractivity contribution in [2.45, 2.75) is 39.7 Å². The maximum absolute atomic E-state index is 13.3. The van der Waals surface area contributed by atoms with Gasteiger partial charge in [0.25, 0.3) is 5.91 Å². The van der Waals surface area contributed by atoms with E-state index in [2.05, 4.69) is 15.6 Å². The largest absolute Gasteiger partial charge is 0.465 e. The lowest BCUT2D eigenvalue weighted by Gasteiger charge is -2.19. The average molecular weight is 607 g/mol. The average Bonchev–Trinajstić information content (AvgIpc) is 3.35. The third-order valence-electron chi connectivity index (χ3n) is 5.99. The van der Waals surface area contributed by atoms with Crippen LogP contribution in [-0.2, 0) is 11.2 Å². The minimum atomic E-state index is -1.12. The van der Waals surface area contributed by atoms with Crippen molar-refractivity contribution in [2.24, 2.45) is 0 Å². The lowest BCUT2D eigenvalue weighted by atomic mass is 9.97. The summed E-state index contributed by atoms with van der Waals surface area (Å²) in [7, 11) is 0. The molecular weight excluding hydrogens is 576 g/mol. The van der Waals surface area contributed by atoms with Gasteiger partial charge in [0.2, 0.25) is 0 Å². The molecule has 0 bridgehead atoms. The molecule has 0 aliphatic carbocycles. The number of benzene rings is 3. The molecule has 0 saturated carbocycles. The maximum atomic E-state index is 13.3. The third kappa shape index (κ3) is 8.31. The Morgan fingerprint density at radius 2 is 1.69 bits per heavy atom. The van der Waals surface area contributed by atoms with Crippen LogP contribution in [0.25, 0.3) is 11.1 Å². The molecule has 11 heteroatoms. The lowest BCUT2D eigenvalue weighted by Crippen LogP contribution is -2.31. The van der Waals surface area contributed by atoms with Gasteiger partial charge >= 0.3 is 12.2 Å². The van der Waals surface area contributed by atoms with Gasteiger partial charge in [0.05, 0.1) is 5.69 Å². The summed E-state index contributed by atoms with van der Waals surface area (Å²) >= 11 is 7.27. The summed E-state index contributed by atoms with van der Waals surface area (Å²) in [5, 5.41) is 18.1. The van der Waals surface area contributed by atoms with E-state index in [1.807, 2.05) is 37.3 Å². The van der Waals surface area contributed by atoms with Crippen LogP contribution in [0.5, 0.6) is 0 Å². The molecule has 1 aromatic heterocycles. The van der Waals surface area contributed by atoms with E-state index in [-0.39, 0.29) is 12.5 Å². The molecule has 218 valence electrons. The van der Waals surface area contributed by atoms with E-state index in [0.717, 1.165) is 16.7 Å². The zero-order valence-electron chi connectivity index (χ0n) is 23.6. The lowest BCUT2D eigenvalue weighted by molar-refractivity contribution is 0.0635. The quantitative estimate of drug-likeness (QED) is 0.186. The van der Waals surface area contributed by atoms with Crippen molar-refractivity contribution in [3.05, 3.63) is 94.0 Å². The summed E-state index contributed by atoms with van der Waals surface area (Å²) < 4.78 is 5.23. The van der Waals surface area contributed by atoms with Crippen molar-refractivity contribution in [2.75, 3.05) is 22.1 Å². The highest BCUT2D eigenvalue weighted by molar-refractivity contribution is 7.13. The Balaban J connectivity index is 1.41. The molecule has 0 aliphatic heterocycles. The number of amides is 3. The fourth-order valence-corrected chi connectivity index (χ4v) is 4.94. The highest BCUT2D eigenvalue weighted by Gasteiger charge is 2.19. The summed E-state index contributed by atoms with van der Waals surface area (Å²) in [6.45, 7) is 7.36. The minimum absolute atomic E-state index is 0.143. The molecule has 3 aromatic carbocycles. The molecule has 0 aliphatic rings. The third-order valence-corrected chi connectivity index (χ3v) is 7.05. The van der Waals surface area contributed by atoms with Gasteiger partial charge in [-0.2, -0.15) is 0 Å². The highest BCUT2D eigenvalue weighted by atomic mass is 35.5. The monoisotopic (exact) mass is 606 g/mol. The maximum Gasteiger partial charge on any atom is 0.413 e. The Labute approximate surface area is 253 Å². The molecule has 3 amide bonds. The predicted molar refractivity (Wildman–Crippen MR) is 167 cm³/mol. The first kappa shape index (κ1) is 30.5. The number of halogens is 1. The molecule has 1 heterocycles. The number of hydrogen-bond acceptors (Lipinski definition) is 6. The first-order valence-electron chi connectivity index (χ1n) is 13.1. The Hall–Kier alpha value is -4.41. The van der Waals surface area contributed by atoms with Crippen LogP contribution in [0.2, 0.25) is 5.02 Å². The molecular formula is C31H31ClN4O5S. The van der Waals surface area contributed by atoms with Crippen molar-refractivity contribution in [1.29, 1.82) is 0 Å². The fraction of sp³-hybridized carbons (Fsp3) is 0.226. The van der Waals surface area contributed by atoms with E-state index in [1.54, 1.807) is 62.5 Å². The van der Waals surface area contributed by atoms with Crippen molar-refractivity contribution in [3.63, 3.8) is 0 Å². The topological polar surface area (TPSA) is 121 Å². The van der Waals surface area contributed by atoms with E-state index in [9.17, 15) is 19.5 Å². The first-order valence-corrected chi connectivity index (χ1v) is 14.4. The Bertz CT molecular complexity index is 1580. The zero-order chi connectivity index (χ0) is 30.4. The Morgan fingerprint density at radius 3 is 2.33 bits per heavy atom. The number of nitrogens with one attached hydrogen (secondary N) is 2. The number of anilines is 3. The SMILES string of the molecule is Cc1ccc(-c2ccc(Cl)cc2)c(C(=O)Nc2ccc(N(CCc3csc(NC(=O)OC(C)(C)C)n3)C(=O)O)cc2)c1. The molecule has 42 heavy (non-hydrogen) atoms. The molecule has 9 nitrogen and oxygen atoms in total. The summed E-state index contributed by atoms with van der Waals surface area (Å²) in [6, 6.07) is 19.5. The Kier molecular flexibility index (Phi) is 9.49. The fourth-order valence-electron chi connectivity index (χ4n) is 4.08. The van der Waals surface area contributed by atoms with Crippen LogP contribution in [0.3, 0.4) is 0 Å². The molecule has 4 rings (SSSR count). The smallest absolute Gasteiger partial charge is 0.413 e. The van der Waals surface area contributed by atoms with Crippen molar-refractivity contribution < 1.29 is 24.2 Å². The van der Waals surface area contributed by atoms with Crippen molar-refractivity contribution in [1.82, 2.24) is 4.98 Å². The number of nitrogens with zero attached hydrogens (tertiary/aromatic N) is 2. The number of thiazole rings is 1. The molecule has 0 spiro atoms. The zero-order valence-corrected chi connectivity index (χ0v) is 25.2. The first-order chi connectivity index (χ1) is 19.9. The molecule has 0 saturated heterocycles. The second kappa shape index (κ2) is 13.1. The number of carbonyl (C=O) groups is 3. The summed E-state index contributed by atoms with van der Waals surface area (Å²) in [6.07, 6.45) is -1.40. The van der Waals surface area contributed by atoms with E-state index in [0.29, 0.717) is 39.2 Å². The van der Waals surface area contributed by atoms with E-state index >= 15 is 0 Å². The molecule has 0 atom stereocenters. The van der Waals surface area contributed by atoms with Gasteiger partial charge in [-0.05, 0) is 81.3 Å². The van der Waals surface area contributed by atoms with E-state index in [1.165, 1.54) is 16.2 Å². The van der Waals surface area contributed by atoms with Crippen LogP contribution in [0.1, 0.15) is 42.4 Å². The van der Waals surface area contributed by atoms with E-state index < -0.39 is 17.8 Å². The summed E-state index contributed by atoms with van der Waals surface area (Å²) in [4.78, 5) is 42.8. The molecule has 0 radical (unpaired) electrons. The van der Waals surface area contributed by atoms with Gasteiger partial charge in [-0.1, -0.05) is 41.4 Å². The predicted octanol–water partition coefficient (Wildman–Crippen LogP) is 8.10. The van der Waals surface area contributed by atoms with Crippen LogP contribution in [-0.4, -0.2) is 40.3 Å². The van der Waals surface area contributed by atoms with Crippen LogP contribution in [0, 0.1) is 6.92 Å².